The molecule has 1 aliphatic carbocycles. The number of esters is 1. The number of hydrogen-bond donors (Lipinski definition) is 1. The van der Waals surface area contributed by atoms with Crippen LogP contribution in [0.5, 0.6) is 0 Å². The molecule has 1 heterocycles. The molecule has 1 unspecified atom stereocenters. The summed E-state index contributed by atoms with van der Waals surface area (Å²) in [6.45, 7) is 2.60. The van der Waals surface area contributed by atoms with E-state index in [1.807, 2.05) is 61.5 Å². The topological polar surface area (TPSA) is 126 Å². The molecule has 10 nitrogen and oxygen atoms in total. The van der Waals surface area contributed by atoms with E-state index in [9.17, 15) is 19.7 Å². The predicted octanol–water partition coefficient (Wildman–Crippen LogP) is 5.92. The Morgan fingerprint density at radius 1 is 1.00 bits per heavy atom. The summed E-state index contributed by atoms with van der Waals surface area (Å²) in [6.07, 6.45) is 15.3. The minimum Gasteiger partial charge on any atom is -0.458 e. The quantitative estimate of drug-likeness (QED) is 0.0437. The monoisotopic (exact) mass is 660 g/mol. The van der Waals surface area contributed by atoms with E-state index in [1.165, 1.54) is 5.56 Å². The van der Waals surface area contributed by atoms with Gasteiger partial charge in [0.15, 0.2) is 0 Å². The highest BCUT2D eigenvalue weighted by atomic mass is 16.9. The van der Waals surface area contributed by atoms with Gasteiger partial charge in [0.25, 0.3) is 5.09 Å². The zero-order valence-electron chi connectivity index (χ0n) is 28.0. The van der Waals surface area contributed by atoms with E-state index in [4.69, 9.17) is 14.0 Å². The fourth-order valence-corrected chi connectivity index (χ4v) is 6.43. The molecular formula is C37H49BN2O8. The number of carbonyl (C=O) groups excluding carboxylic acids is 2. The van der Waals surface area contributed by atoms with Gasteiger partial charge in [-0.15, -0.1) is 10.1 Å². The second kappa shape index (κ2) is 20.4. The molecule has 1 amide bonds. The summed E-state index contributed by atoms with van der Waals surface area (Å²) >= 11 is 0. The molecule has 0 radical (unpaired) electrons. The van der Waals surface area contributed by atoms with Crippen molar-refractivity contribution < 1.29 is 33.6 Å². The molecule has 2 fully saturated rings. The Bertz CT molecular complexity index is 1330. The van der Waals surface area contributed by atoms with Crippen molar-refractivity contribution in [1.82, 2.24) is 5.32 Å². The van der Waals surface area contributed by atoms with Crippen molar-refractivity contribution in [2.24, 2.45) is 11.8 Å². The molecule has 0 aromatic heterocycles. The summed E-state index contributed by atoms with van der Waals surface area (Å²) in [4.78, 5) is 39.4. The molecule has 11 heteroatoms. The number of nitrogens with zero attached hydrogens (tertiary/aromatic N) is 1. The summed E-state index contributed by atoms with van der Waals surface area (Å²) < 4.78 is 19.1. The molecule has 5 atom stereocenters. The normalized spacial score (nSPS) is 21.0. The van der Waals surface area contributed by atoms with E-state index in [0.29, 0.717) is 38.6 Å². The van der Waals surface area contributed by atoms with Crippen LogP contribution in [-0.4, -0.2) is 55.5 Å². The lowest BCUT2D eigenvalue weighted by Gasteiger charge is -2.28. The number of carbonyl (C=O) groups is 2. The van der Waals surface area contributed by atoms with Crippen LogP contribution in [-0.2, 0) is 34.9 Å². The Kier molecular flexibility index (Phi) is 15.7. The van der Waals surface area contributed by atoms with Crippen LogP contribution >= 0.6 is 0 Å². The highest BCUT2D eigenvalue weighted by Gasteiger charge is 2.50. The van der Waals surface area contributed by atoms with Gasteiger partial charge in [-0.2, -0.15) is 0 Å². The minimum absolute atomic E-state index is 0.0215. The molecule has 1 N–H and O–H groups in total. The Balaban J connectivity index is 1.42. The summed E-state index contributed by atoms with van der Waals surface area (Å²) in [5, 5.41) is 12.4. The van der Waals surface area contributed by atoms with Gasteiger partial charge in [0.2, 0.25) is 5.91 Å². The van der Waals surface area contributed by atoms with Gasteiger partial charge in [-0.05, 0) is 81.3 Å². The third kappa shape index (κ3) is 12.6. The number of allylic oxidation sites excluding steroid dienone is 2. The van der Waals surface area contributed by atoms with Crippen LogP contribution in [0.4, 0.5) is 0 Å². The van der Waals surface area contributed by atoms with Crippen LogP contribution < -0.4 is 10.8 Å². The number of ether oxygens (including phenoxy) is 1. The van der Waals surface area contributed by atoms with Gasteiger partial charge < -0.3 is 24.2 Å². The van der Waals surface area contributed by atoms with E-state index in [-0.39, 0.29) is 48.9 Å². The number of rotatable bonds is 21. The summed E-state index contributed by atoms with van der Waals surface area (Å²) in [5.41, 5.74) is 2.17. The number of fused-ring (bicyclic) bond motifs is 2. The molecule has 48 heavy (non-hydrogen) atoms. The molecule has 2 aliphatic rings. The summed E-state index contributed by atoms with van der Waals surface area (Å²) in [6, 6.07) is 20.2. The molecular weight excluding hydrogens is 611 g/mol. The fourth-order valence-electron chi connectivity index (χ4n) is 6.43. The van der Waals surface area contributed by atoms with E-state index in [2.05, 4.69) is 40.5 Å². The number of nitrogens with one attached hydrogen (secondary N) is 1. The second-order valence-electron chi connectivity index (χ2n) is 12.4. The van der Waals surface area contributed by atoms with E-state index < -0.39 is 18.3 Å². The van der Waals surface area contributed by atoms with Crippen LogP contribution in [0.1, 0.15) is 76.7 Å². The van der Waals surface area contributed by atoms with E-state index in [1.54, 1.807) is 0 Å². The average molecular weight is 661 g/mol. The van der Waals surface area contributed by atoms with Crippen molar-refractivity contribution in [2.75, 3.05) is 13.2 Å². The maximum absolute atomic E-state index is 12.9. The van der Waals surface area contributed by atoms with E-state index >= 15 is 0 Å². The van der Waals surface area contributed by atoms with Crippen LogP contribution in [0.15, 0.2) is 85.0 Å². The van der Waals surface area contributed by atoms with Crippen molar-refractivity contribution >= 4 is 24.5 Å². The van der Waals surface area contributed by atoms with Crippen molar-refractivity contribution in [3.05, 3.63) is 101 Å². The SMILES string of the molecule is CCNC(=O)CCC/C=C\C[C@@H]1[C@@H](/C=C/C(CCc2ccccc2)OC(=O)CCCCCO[N+](=O)[O-])[C@H]2C[C@@H]1OB(c1ccccc1)O2. The number of amides is 1. The first-order chi connectivity index (χ1) is 23.4. The highest BCUT2D eigenvalue weighted by Crippen LogP contribution is 2.43. The van der Waals surface area contributed by atoms with E-state index in [0.717, 1.165) is 37.6 Å². The zero-order chi connectivity index (χ0) is 34.0. The predicted molar refractivity (Wildman–Crippen MR) is 185 cm³/mol. The minimum atomic E-state index is -0.799. The number of unbranched alkanes of at least 4 members (excludes halogenated alkanes) is 3. The van der Waals surface area contributed by atoms with Crippen molar-refractivity contribution in [1.29, 1.82) is 0 Å². The first-order valence-electron chi connectivity index (χ1n) is 17.4. The van der Waals surface area contributed by atoms with Gasteiger partial charge in [-0.1, -0.05) is 85.3 Å². The van der Waals surface area contributed by atoms with Crippen molar-refractivity contribution in [2.45, 2.75) is 95.9 Å². The first kappa shape index (κ1) is 36.9. The summed E-state index contributed by atoms with van der Waals surface area (Å²) in [5.74, 6) is 0.0616. The molecule has 2 aromatic carbocycles. The molecule has 2 bridgehead atoms. The lowest BCUT2D eigenvalue weighted by Crippen LogP contribution is -2.45. The molecule has 258 valence electrons. The van der Waals surface area contributed by atoms with Gasteiger partial charge >= 0.3 is 13.1 Å². The van der Waals surface area contributed by atoms with Gasteiger partial charge in [0.05, 0.1) is 12.7 Å². The molecule has 1 saturated carbocycles. The van der Waals surface area contributed by atoms with Gasteiger partial charge in [0.1, 0.15) is 6.10 Å². The second-order valence-corrected chi connectivity index (χ2v) is 12.4. The molecule has 1 aliphatic heterocycles. The Morgan fingerprint density at radius 2 is 1.75 bits per heavy atom. The van der Waals surface area contributed by atoms with Crippen LogP contribution in [0.2, 0.25) is 0 Å². The maximum atomic E-state index is 12.9. The maximum Gasteiger partial charge on any atom is 0.494 e. The molecule has 0 spiro atoms. The third-order valence-corrected chi connectivity index (χ3v) is 8.87. The Morgan fingerprint density at radius 3 is 2.50 bits per heavy atom. The lowest BCUT2D eigenvalue weighted by molar-refractivity contribution is -0.757. The van der Waals surface area contributed by atoms with Gasteiger partial charge in [-0.25, -0.2) is 0 Å². The largest absolute Gasteiger partial charge is 0.494 e. The van der Waals surface area contributed by atoms with Gasteiger partial charge in [0, 0.05) is 31.4 Å². The highest BCUT2D eigenvalue weighted by molar-refractivity contribution is 6.61. The standard InChI is InChI=1S/C37H49BN2O8/c1-2-39-36(41)21-13-4-3-12-20-32-33(35-28-34(32)47-38(48-35)30-18-10-6-11-19-30)26-25-31(24-23-29-16-8-5-9-17-29)46-37(42)22-14-7-15-27-45-40(43)44/h3,5-6,8-12,16-19,25-26,31-35H,2,4,7,13-15,20-24,27-28H2,1H3,(H,39,41)/b12-3-,26-25+/t31?,32-,33-,34+,35-/m1/s1. The number of hydrogen-bond acceptors (Lipinski definition) is 8. The Labute approximate surface area is 284 Å². The number of aryl methyl sites for hydroxylation is 1. The Hall–Kier alpha value is -3.96. The van der Waals surface area contributed by atoms with Crippen molar-refractivity contribution in [3.63, 3.8) is 0 Å². The van der Waals surface area contributed by atoms with Gasteiger partial charge in [-0.3, -0.25) is 9.59 Å². The zero-order valence-corrected chi connectivity index (χ0v) is 28.0. The van der Waals surface area contributed by atoms with Crippen LogP contribution in [0.3, 0.4) is 0 Å². The van der Waals surface area contributed by atoms with Crippen molar-refractivity contribution in [3.8, 4) is 0 Å². The third-order valence-electron chi connectivity index (χ3n) is 8.87. The fraction of sp³-hybridized carbons (Fsp3) is 0.514. The lowest BCUT2D eigenvalue weighted by atomic mass is 9.77. The summed E-state index contributed by atoms with van der Waals surface area (Å²) in [7, 11) is -0.431. The average Bonchev–Trinajstić information content (AvgIpc) is 3.33. The number of benzene rings is 2. The smallest absolute Gasteiger partial charge is 0.458 e. The van der Waals surface area contributed by atoms with Crippen LogP contribution in [0, 0.1) is 22.0 Å². The van der Waals surface area contributed by atoms with Crippen LogP contribution in [0.25, 0.3) is 0 Å². The molecule has 1 saturated heterocycles. The first-order valence-corrected chi connectivity index (χ1v) is 17.4. The molecule has 2 aromatic rings. The molecule has 4 rings (SSSR count).